The molecule has 9 nitrogen and oxygen atoms in total. The molecule has 5 unspecified atom stereocenters. The monoisotopic (exact) mass is 394 g/mol. The Kier molecular flexibility index (Phi) is 6.27. The summed E-state index contributed by atoms with van der Waals surface area (Å²) in [4.78, 5) is 12.2. The Morgan fingerprint density at radius 2 is 2.18 bits per heavy atom. The fourth-order valence-corrected chi connectivity index (χ4v) is 4.24. The Morgan fingerprint density at radius 1 is 1.36 bits per heavy atom. The SMILES string of the molecule is Cn1cc(CNC(=O)CC2CC3OC(CNC4CCOCC4)C(O)C3O2)cn1. The molecule has 3 aliphatic heterocycles. The predicted molar refractivity (Wildman–Crippen MR) is 99.5 cm³/mol. The molecule has 0 bridgehead atoms. The molecule has 156 valence electrons. The Hall–Kier alpha value is -1.52. The van der Waals surface area contributed by atoms with Gasteiger partial charge in [-0.1, -0.05) is 0 Å². The van der Waals surface area contributed by atoms with Crippen molar-refractivity contribution in [2.24, 2.45) is 7.05 Å². The molecule has 3 aliphatic rings. The number of hydrogen-bond acceptors (Lipinski definition) is 7. The topological polar surface area (TPSA) is 107 Å². The quantitative estimate of drug-likeness (QED) is 0.571. The van der Waals surface area contributed by atoms with Gasteiger partial charge in [0.15, 0.2) is 0 Å². The molecule has 1 amide bonds. The lowest BCUT2D eigenvalue weighted by Gasteiger charge is -2.26. The number of fused-ring (bicyclic) bond motifs is 1. The molecule has 0 radical (unpaired) electrons. The molecule has 3 saturated heterocycles. The van der Waals surface area contributed by atoms with E-state index >= 15 is 0 Å². The van der Waals surface area contributed by atoms with E-state index in [2.05, 4.69) is 15.7 Å². The van der Waals surface area contributed by atoms with Gasteiger partial charge in [-0.25, -0.2) is 0 Å². The van der Waals surface area contributed by atoms with Gasteiger partial charge in [0, 0.05) is 57.6 Å². The Balaban J connectivity index is 1.18. The van der Waals surface area contributed by atoms with E-state index in [4.69, 9.17) is 14.2 Å². The molecule has 0 saturated carbocycles. The zero-order valence-corrected chi connectivity index (χ0v) is 16.3. The fourth-order valence-electron chi connectivity index (χ4n) is 4.24. The third kappa shape index (κ3) is 4.72. The Bertz CT molecular complexity index is 663. The van der Waals surface area contributed by atoms with Crippen molar-refractivity contribution in [1.82, 2.24) is 20.4 Å². The number of aliphatic hydroxyl groups is 1. The number of carbonyl (C=O) groups is 1. The van der Waals surface area contributed by atoms with E-state index in [1.807, 2.05) is 13.2 Å². The van der Waals surface area contributed by atoms with Gasteiger partial charge < -0.3 is 30.0 Å². The minimum absolute atomic E-state index is 0.0685. The van der Waals surface area contributed by atoms with Crippen molar-refractivity contribution >= 4 is 5.91 Å². The molecule has 1 aromatic heterocycles. The van der Waals surface area contributed by atoms with E-state index in [0.29, 0.717) is 25.6 Å². The first-order valence-electron chi connectivity index (χ1n) is 10.1. The average Bonchev–Trinajstić information content (AvgIpc) is 3.36. The Labute approximate surface area is 164 Å². The summed E-state index contributed by atoms with van der Waals surface area (Å²) in [6.07, 6.45) is 4.84. The molecule has 5 atom stereocenters. The highest BCUT2D eigenvalue weighted by Gasteiger charge is 2.50. The second kappa shape index (κ2) is 8.87. The van der Waals surface area contributed by atoms with Crippen LogP contribution in [-0.4, -0.2) is 77.1 Å². The van der Waals surface area contributed by atoms with Crippen LogP contribution in [0, 0.1) is 0 Å². The maximum Gasteiger partial charge on any atom is 0.222 e. The first-order chi connectivity index (χ1) is 13.6. The molecule has 0 aliphatic carbocycles. The smallest absolute Gasteiger partial charge is 0.222 e. The largest absolute Gasteiger partial charge is 0.388 e. The minimum Gasteiger partial charge on any atom is -0.388 e. The van der Waals surface area contributed by atoms with Crippen LogP contribution in [0.1, 0.15) is 31.2 Å². The predicted octanol–water partition coefficient (Wildman–Crippen LogP) is -0.519. The van der Waals surface area contributed by atoms with Crippen LogP contribution < -0.4 is 10.6 Å². The molecule has 9 heteroatoms. The van der Waals surface area contributed by atoms with E-state index in [1.165, 1.54) is 0 Å². The number of aryl methyl sites for hydroxylation is 1. The standard InChI is InChI=1S/C19H30N4O5/c1-23-11-12(9-22-23)8-21-17(24)7-14-6-15-19(27-14)18(25)16(28-15)10-20-13-2-4-26-5-3-13/h9,11,13-16,18-20,25H,2-8,10H2,1H3,(H,21,24). The number of nitrogens with zero attached hydrogens (tertiary/aromatic N) is 2. The maximum absolute atomic E-state index is 12.2. The van der Waals surface area contributed by atoms with Crippen LogP contribution in [0.25, 0.3) is 0 Å². The second-order valence-corrected chi connectivity index (χ2v) is 7.96. The summed E-state index contributed by atoms with van der Waals surface area (Å²) in [7, 11) is 1.84. The van der Waals surface area contributed by atoms with Gasteiger partial charge in [0.25, 0.3) is 0 Å². The molecule has 3 fully saturated rings. The van der Waals surface area contributed by atoms with Crippen molar-refractivity contribution in [2.45, 2.75) is 68.8 Å². The van der Waals surface area contributed by atoms with Gasteiger partial charge >= 0.3 is 0 Å². The number of aliphatic hydroxyl groups excluding tert-OH is 1. The van der Waals surface area contributed by atoms with Gasteiger partial charge in [-0.15, -0.1) is 0 Å². The Morgan fingerprint density at radius 3 is 2.89 bits per heavy atom. The third-order valence-corrected chi connectivity index (χ3v) is 5.77. The molecule has 0 aromatic carbocycles. The van der Waals surface area contributed by atoms with Gasteiger partial charge in [-0.05, 0) is 12.8 Å². The van der Waals surface area contributed by atoms with Gasteiger partial charge in [0.2, 0.25) is 5.91 Å². The van der Waals surface area contributed by atoms with E-state index in [9.17, 15) is 9.90 Å². The van der Waals surface area contributed by atoms with E-state index in [0.717, 1.165) is 31.6 Å². The average molecular weight is 394 g/mol. The van der Waals surface area contributed by atoms with Crippen LogP contribution in [-0.2, 0) is 32.6 Å². The number of ether oxygens (including phenoxy) is 3. The number of rotatable bonds is 7. The van der Waals surface area contributed by atoms with Crippen LogP contribution in [0.5, 0.6) is 0 Å². The van der Waals surface area contributed by atoms with E-state index in [1.54, 1.807) is 10.9 Å². The van der Waals surface area contributed by atoms with E-state index in [-0.39, 0.29) is 36.7 Å². The fraction of sp³-hybridized carbons (Fsp3) is 0.789. The van der Waals surface area contributed by atoms with Crippen LogP contribution >= 0.6 is 0 Å². The summed E-state index contributed by atoms with van der Waals surface area (Å²) in [5, 5.41) is 21.0. The van der Waals surface area contributed by atoms with Crippen LogP contribution in [0.3, 0.4) is 0 Å². The number of carbonyl (C=O) groups excluding carboxylic acids is 1. The second-order valence-electron chi connectivity index (χ2n) is 7.96. The zero-order chi connectivity index (χ0) is 19.5. The summed E-state index contributed by atoms with van der Waals surface area (Å²) >= 11 is 0. The minimum atomic E-state index is -0.666. The first-order valence-corrected chi connectivity index (χ1v) is 10.1. The summed E-state index contributed by atoms with van der Waals surface area (Å²) in [5.74, 6) is -0.0685. The molecule has 3 N–H and O–H groups in total. The first kappa shape index (κ1) is 19.8. The molecule has 4 heterocycles. The van der Waals surface area contributed by atoms with Gasteiger partial charge in [0.1, 0.15) is 12.2 Å². The van der Waals surface area contributed by atoms with Gasteiger partial charge in [0.05, 0.1) is 30.9 Å². The number of aromatic nitrogens is 2. The highest BCUT2D eigenvalue weighted by molar-refractivity contribution is 5.76. The number of hydrogen-bond donors (Lipinski definition) is 3. The van der Waals surface area contributed by atoms with Crippen molar-refractivity contribution in [1.29, 1.82) is 0 Å². The lowest BCUT2D eigenvalue weighted by molar-refractivity contribution is -0.124. The number of nitrogens with one attached hydrogen (secondary N) is 2. The summed E-state index contributed by atoms with van der Waals surface area (Å²) in [6, 6.07) is 0.419. The van der Waals surface area contributed by atoms with Crippen molar-refractivity contribution in [2.75, 3.05) is 19.8 Å². The van der Waals surface area contributed by atoms with Gasteiger partial charge in [-0.2, -0.15) is 5.10 Å². The van der Waals surface area contributed by atoms with E-state index < -0.39 is 6.10 Å². The van der Waals surface area contributed by atoms with Crippen molar-refractivity contribution in [3.63, 3.8) is 0 Å². The third-order valence-electron chi connectivity index (χ3n) is 5.77. The van der Waals surface area contributed by atoms with Gasteiger partial charge in [-0.3, -0.25) is 9.48 Å². The lowest BCUT2D eigenvalue weighted by atomic mass is 10.1. The normalized spacial score (nSPS) is 33.1. The lowest BCUT2D eigenvalue weighted by Crippen LogP contribution is -2.44. The number of amides is 1. The summed E-state index contributed by atoms with van der Waals surface area (Å²) in [5.41, 5.74) is 0.957. The molecule has 0 spiro atoms. The van der Waals surface area contributed by atoms with Crippen molar-refractivity contribution in [3.8, 4) is 0 Å². The molecular formula is C19H30N4O5. The van der Waals surface area contributed by atoms with Crippen LogP contribution in [0.15, 0.2) is 12.4 Å². The van der Waals surface area contributed by atoms with Crippen molar-refractivity contribution in [3.05, 3.63) is 18.0 Å². The van der Waals surface area contributed by atoms with Crippen LogP contribution in [0.2, 0.25) is 0 Å². The summed E-state index contributed by atoms with van der Waals surface area (Å²) < 4.78 is 19.0. The molecular weight excluding hydrogens is 364 g/mol. The van der Waals surface area contributed by atoms with Crippen molar-refractivity contribution < 1.29 is 24.1 Å². The molecule has 4 rings (SSSR count). The molecule has 1 aromatic rings. The highest BCUT2D eigenvalue weighted by atomic mass is 16.6. The maximum atomic E-state index is 12.2. The highest BCUT2D eigenvalue weighted by Crippen LogP contribution is 2.35. The summed E-state index contributed by atoms with van der Waals surface area (Å²) in [6.45, 7) is 2.62. The van der Waals surface area contributed by atoms with Crippen LogP contribution in [0.4, 0.5) is 0 Å². The molecule has 28 heavy (non-hydrogen) atoms. The zero-order valence-electron chi connectivity index (χ0n) is 16.3.